The van der Waals surface area contributed by atoms with Gasteiger partial charge in [0.2, 0.25) is 12.3 Å². The number of benzene rings is 1. The molecule has 6 nitrogen and oxygen atoms in total. The third-order valence-electron chi connectivity index (χ3n) is 3.43. The highest BCUT2D eigenvalue weighted by Crippen LogP contribution is 2.25. The fraction of sp³-hybridized carbons (Fsp3) is 0.375. The van der Waals surface area contributed by atoms with Crippen LogP contribution in [0, 0.1) is 10.8 Å². The zero-order valence-electron chi connectivity index (χ0n) is 13.5. The number of nitrogens with two attached hydrogens (primary N) is 1. The van der Waals surface area contributed by atoms with E-state index < -0.39 is 0 Å². The van der Waals surface area contributed by atoms with Crippen LogP contribution in [0.4, 0.5) is 0 Å². The quantitative estimate of drug-likeness (QED) is 0.490. The van der Waals surface area contributed by atoms with E-state index in [-0.39, 0.29) is 11.1 Å². The molecule has 0 aliphatic rings. The molecular formula is C16H21N5OS2. The van der Waals surface area contributed by atoms with Gasteiger partial charge in [-0.2, -0.15) is 0 Å². The number of nitrogens with one attached hydrogen (secondary N) is 2. The molecule has 128 valence electrons. The molecule has 0 radical (unpaired) electrons. The number of aryl methyl sites for hydroxylation is 1. The summed E-state index contributed by atoms with van der Waals surface area (Å²) < 4.78 is 5.27. The molecule has 4 N–H and O–H groups in total. The zero-order valence-corrected chi connectivity index (χ0v) is 15.1. The van der Waals surface area contributed by atoms with Crippen molar-refractivity contribution in [1.29, 1.82) is 10.8 Å². The van der Waals surface area contributed by atoms with Crippen LogP contribution in [0.2, 0.25) is 0 Å². The fourth-order valence-electron chi connectivity index (χ4n) is 2.23. The highest BCUT2D eigenvalue weighted by Gasteiger charge is 2.16. The Kier molecular flexibility index (Phi) is 7.33. The van der Waals surface area contributed by atoms with Gasteiger partial charge < -0.3 is 10.2 Å². The SMILES string of the molecule is CC(=N)SC[C@H](Cc1nnco1)c1ccc(CCSC(=N)N)cc1. The van der Waals surface area contributed by atoms with Gasteiger partial charge in [-0.25, -0.2) is 0 Å². The van der Waals surface area contributed by atoms with E-state index in [4.69, 9.17) is 21.0 Å². The second kappa shape index (κ2) is 9.48. The average Bonchev–Trinajstić information content (AvgIpc) is 3.05. The van der Waals surface area contributed by atoms with Crippen LogP contribution < -0.4 is 5.73 Å². The van der Waals surface area contributed by atoms with Crippen LogP contribution in [0.3, 0.4) is 0 Å². The van der Waals surface area contributed by atoms with Gasteiger partial charge in [0.1, 0.15) is 0 Å². The van der Waals surface area contributed by atoms with Crippen molar-refractivity contribution in [3.63, 3.8) is 0 Å². The van der Waals surface area contributed by atoms with Gasteiger partial charge in [-0.3, -0.25) is 10.8 Å². The normalized spacial score (nSPS) is 12.0. The Morgan fingerprint density at radius 3 is 2.58 bits per heavy atom. The van der Waals surface area contributed by atoms with Crippen molar-refractivity contribution in [2.75, 3.05) is 11.5 Å². The lowest BCUT2D eigenvalue weighted by Crippen LogP contribution is -2.08. The molecule has 1 aromatic carbocycles. The molecule has 2 rings (SSSR count). The van der Waals surface area contributed by atoms with Crippen molar-refractivity contribution in [2.24, 2.45) is 5.73 Å². The molecule has 24 heavy (non-hydrogen) atoms. The number of rotatable bonds is 8. The summed E-state index contributed by atoms with van der Waals surface area (Å²) in [6, 6.07) is 8.46. The average molecular weight is 364 g/mol. The van der Waals surface area contributed by atoms with Crippen molar-refractivity contribution in [3.8, 4) is 0 Å². The summed E-state index contributed by atoms with van der Waals surface area (Å²) in [4.78, 5) is 0. The Bertz CT molecular complexity index is 658. The number of hydrogen-bond acceptors (Lipinski definition) is 7. The molecule has 0 unspecified atom stereocenters. The maximum Gasteiger partial charge on any atom is 0.216 e. The molecule has 0 fully saturated rings. The summed E-state index contributed by atoms with van der Waals surface area (Å²) in [7, 11) is 0. The van der Waals surface area contributed by atoms with Crippen LogP contribution >= 0.6 is 23.5 Å². The Labute approximate surface area is 150 Å². The van der Waals surface area contributed by atoms with Crippen molar-refractivity contribution >= 4 is 33.7 Å². The molecule has 1 aromatic heterocycles. The molecule has 0 saturated heterocycles. The molecule has 0 saturated carbocycles. The minimum atomic E-state index is 0.158. The minimum absolute atomic E-state index is 0.158. The van der Waals surface area contributed by atoms with Gasteiger partial charge in [0, 0.05) is 23.8 Å². The second-order valence-electron chi connectivity index (χ2n) is 5.31. The van der Waals surface area contributed by atoms with Gasteiger partial charge in [0.05, 0.1) is 5.04 Å². The van der Waals surface area contributed by atoms with E-state index in [1.54, 1.807) is 6.92 Å². The maximum absolute atomic E-state index is 7.63. The summed E-state index contributed by atoms with van der Waals surface area (Å²) in [5.41, 5.74) is 7.77. The van der Waals surface area contributed by atoms with Crippen LogP contribution in [0.1, 0.15) is 29.9 Å². The number of hydrogen-bond donors (Lipinski definition) is 3. The van der Waals surface area contributed by atoms with Gasteiger partial charge in [0.25, 0.3) is 0 Å². The molecule has 0 aliphatic heterocycles. The molecule has 1 atom stereocenters. The van der Waals surface area contributed by atoms with E-state index in [2.05, 4.69) is 34.5 Å². The van der Waals surface area contributed by atoms with E-state index in [1.165, 1.54) is 41.0 Å². The van der Waals surface area contributed by atoms with Crippen molar-refractivity contribution in [2.45, 2.75) is 25.7 Å². The molecule has 8 heteroatoms. The number of thioether (sulfide) groups is 2. The van der Waals surface area contributed by atoms with E-state index in [9.17, 15) is 0 Å². The second-order valence-corrected chi connectivity index (χ2v) is 7.68. The van der Waals surface area contributed by atoms with E-state index >= 15 is 0 Å². The van der Waals surface area contributed by atoms with Crippen molar-refractivity contribution in [3.05, 3.63) is 47.7 Å². The first-order valence-corrected chi connectivity index (χ1v) is 9.50. The molecule has 0 aliphatic carbocycles. The molecule has 0 bridgehead atoms. The van der Waals surface area contributed by atoms with Crippen LogP contribution in [0.25, 0.3) is 0 Å². The first-order chi connectivity index (χ1) is 11.5. The minimum Gasteiger partial charge on any atom is -0.428 e. The fourth-order valence-corrected chi connectivity index (χ4v) is 3.55. The highest BCUT2D eigenvalue weighted by molar-refractivity contribution is 8.13. The Morgan fingerprint density at radius 2 is 2.00 bits per heavy atom. The van der Waals surface area contributed by atoms with Gasteiger partial charge >= 0.3 is 0 Å². The van der Waals surface area contributed by atoms with Crippen LogP contribution in [-0.2, 0) is 12.8 Å². The predicted octanol–water partition coefficient (Wildman–Crippen LogP) is 3.30. The largest absolute Gasteiger partial charge is 0.428 e. The van der Waals surface area contributed by atoms with Gasteiger partial charge in [0.15, 0.2) is 5.17 Å². The molecule has 0 spiro atoms. The highest BCUT2D eigenvalue weighted by atomic mass is 32.2. The lowest BCUT2D eigenvalue weighted by atomic mass is 9.96. The smallest absolute Gasteiger partial charge is 0.216 e. The lowest BCUT2D eigenvalue weighted by Gasteiger charge is -2.15. The topological polar surface area (TPSA) is 113 Å². The van der Waals surface area contributed by atoms with E-state index in [0.29, 0.717) is 17.4 Å². The van der Waals surface area contributed by atoms with Crippen molar-refractivity contribution < 1.29 is 4.42 Å². The summed E-state index contributed by atoms with van der Waals surface area (Å²) in [6.07, 6.45) is 2.89. The molecule has 0 amide bonds. The summed E-state index contributed by atoms with van der Waals surface area (Å²) in [6.45, 7) is 1.80. The summed E-state index contributed by atoms with van der Waals surface area (Å²) >= 11 is 2.89. The van der Waals surface area contributed by atoms with Gasteiger partial charge in [-0.1, -0.05) is 36.0 Å². The van der Waals surface area contributed by atoms with Crippen LogP contribution in [0.15, 0.2) is 35.1 Å². The van der Waals surface area contributed by atoms with Gasteiger partial charge in [-0.15, -0.1) is 22.0 Å². The Hall–Kier alpha value is -1.80. The molecule has 2 aromatic rings. The number of amidine groups is 1. The standard InChI is InChI=1S/C16H21N5OS2/c1-11(17)24-9-14(8-15-21-20-10-22-15)13-4-2-12(3-5-13)6-7-23-16(18)19/h2-5,10,14,17H,6-9H2,1H3,(H3,18,19)/t14-/m0/s1. The Balaban J connectivity index is 2.01. The maximum atomic E-state index is 7.63. The van der Waals surface area contributed by atoms with Crippen LogP contribution in [0.5, 0.6) is 0 Å². The van der Waals surface area contributed by atoms with Gasteiger partial charge in [-0.05, 0) is 24.5 Å². The number of nitrogens with zero attached hydrogens (tertiary/aromatic N) is 2. The predicted molar refractivity (Wildman–Crippen MR) is 101 cm³/mol. The third kappa shape index (κ3) is 6.37. The first kappa shape index (κ1) is 18.5. The lowest BCUT2D eigenvalue weighted by molar-refractivity contribution is 0.478. The van der Waals surface area contributed by atoms with Crippen LogP contribution in [-0.4, -0.2) is 31.9 Å². The molecular weight excluding hydrogens is 342 g/mol. The first-order valence-electron chi connectivity index (χ1n) is 7.53. The monoisotopic (exact) mass is 363 g/mol. The summed E-state index contributed by atoms with van der Waals surface area (Å²) in [5, 5.41) is 23.3. The van der Waals surface area contributed by atoms with E-state index in [0.717, 1.165) is 17.9 Å². The molecule has 1 heterocycles. The zero-order chi connectivity index (χ0) is 17.4. The van der Waals surface area contributed by atoms with Crippen molar-refractivity contribution in [1.82, 2.24) is 10.2 Å². The number of aromatic nitrogens is 2. The third-order valence-corrected chi connectivity index (χ3v) is 5.15. The van der Waals surface area contributed by atoms with E-state index in [1.807, 2.05) is 0 Å². The Morgan fingerprint density at radius 1 is 1.25 bits per heavy atom. The summed E-state index contributed by atoms with van der Waals surface area (Å²) in [5.74, 6) is 2.45.